The molecule has 1 aromatic carbocycles. The van der Waals surface area contributed by atoms with Gasteiger partial charge in [0.15, 0.2) is 5.96 Å². The van der Waals surface area contributed by atoms with Gasteiger partial charge in [-0.25, -0.2) is 4.99 Å². The first kappa shape index (κ1) is 25.5. The maximum absolute atomic E-state index is 5.67. The van der Waals surface area contributed by atoms with Crippen molar-refractivity contribution in [3.05, 3.63) is 59.4 Å². The van der Waals surface area contributed by atoms with Crippen molar-refractivity contribution in [2.75, 3.05) is 33.4 Å². The molecule has 0 saturated carbocycles. The van der Waals surface area contributed by atoms with Gasteiger partial charge >= 0.3 is 0 Å². The number of halogens is 1. The number of aromatic nitrogens is 1. The minimum Gasteiger partial charge on any atom is -0.379 e. The lowest BCUT2D eigenvalue weighted by atomic mass is 10.1. The number of hydrogen-bond acceptors (Lipinski definition) is 3. The minimum atomic E-state index is 0. The first-order valence-corrected chi connectivity index (χ1v) is 9.97. The Morgan fingerprint density at radius 3 is 2.55 bits per heavy atom. The van der Waals surface area contributed by atoms with Gasteiger partial charge in [0.1, 0.15) is 0 Å². The van der Waals surface area contributed by atoms with Crippen LogP contribution in [-0.4, -0.2) is 48.8 Å². The fourth-order valence-corrected chi connectivity index (χ4v) is 2.88. The second-order valence-electron chi connectivity index (χ2n) is 6.71. The largest absolute Gasteiger partial charge is 0.379 e. The van der Waals surface area contributed by atoms with E-state index < -0.39 is 0 Å². The van der Waals surface area contributed by atoms with E-state index >= 15 is 0 Å². The zero-order chi connectivity index (χ0) is 20.2. The summed E-state index contributed by atoms with van der Waals surface area (Å²) in [5, 5.41) is 3.38. The molecule has 7 heteroatoms. The second-order valence-corrected chi connectivity index (χ2v) is 6.71. The summed E-state index contributed by atoms with van der Waals surface area (Å²) in [5.74, 6) is 0.905. The number of nitrogens with one attached hydrogen (secondary N) is 1. The van der Waals surface area contributed by atoms with Crippen LogP contribution in [0.3, 0.4) is 0 Å². The molecule has 29 heavy (non-hydrogen) atoms. The molecule has 0 aliphatic rings. The van der Waals surface area contributed by atoms with Gasteiger partial charge in [0.05, 0.1) is 32.9 Å². The van der Waals surface area contributed by atoms with Crippen molar-refractivity contribution in [2.45, 2.75) is 33.5 Å². The van der Waals surface area contributed by atoms with Gasteiger partial charge in [0.2, 0.25) is 0 Å². The topological polar surface area (TPSA) is 51.0 Å². The fraction of sp³-hybridized carbons (Fsp3) is 0.500. The van der Waals surface area contributed by atoms with Gasteiger partial charge in [0.25, 0.3) is 0 Å². The molecule has 1 N–H and O–H groups in total. The van der Waals surface area contributed by atoms with Crippen molar-refractivity contribution >= 4 is 29.9 Å². The highest BCUT2D eigenvalue weighted by Gasteiger charge is 2.08. The summed E-state index contributed by atoms with van der Waals surface area (Å²) in [6.45, 7) is 8.93. The van der Waals surface area contributed by atoms with E-state index in [2.05, 4.69) is 78.4 Å². The number of aryl methyl sites for hydroxylation is 1. The van der Waals surface area contributed by atoms with Crippen LogP contribution in [0.15, 0.2) is 47.6 Å². The highest BCUT2D eigenvalue weighted by atomic mass is 127. The third kappa shape index (κ3) is 9.18. The van der Waals surface area contributed by atoms with Gasteiger partial charge in [-0.05, 0) is 37.1 Å². The number of guanidine groups is 1. The van der Waals surface area contributed by atoms with Crippen molar-refractivity contribution in [3.8, 4) is 0 Å². The van der Waals surface area contributed by atoms with Gasteiger partial charge in [-0.3, -0.25) is 0 Å². The van der Waals surface area contributed by atoms with Crippen LogP contribution in [0.1, 0.15) is 30.7 Å². The number of hydrogen-bond donors (Lipinski definition) is 1. The van der Waals surface area contributed by atoms with Gasteiger partial charge in [0, 0.05) is 39.1 Å². The van der Waals surface area contributed by atoms with Crippen LogP contribution in [0, 0.1) is 0 Å². The van der Waals surface area contributed by atoms with Gasteiger partial charge < -0.3 is 24.3 Å². The lowest BCUT2D eigenvalue weighted by molar-refractivity contribution is 0.0453. The van der Waals surface area contributed by atoms with E-state index in [-0.39, 0.29) is 24.0 Å². The molecule has 2 rings (SSSR count). The zero-order valence-corrected chi connectivity index (χ0v) is 20.4. The molecule has 0 amide bonds. The summed E-state index contributed by atoms with van der Waals surface area (Å²) < 4.78 is 13.1. The number of ether oxygens (including phenoxy) is 2. The number of benzene rings is 1. The Labute approximate surface area is 192 Å². The van der Waals surface area contributed by atoms with E-state index in [0.29, 0.717) is 26.4 Å². The molecule has 1 aromatic heterocycles. The molecule has 0 fully saturated rings. The van der Waals surface area contributed by atoms with Crippen molar-refractivity contribution in [3.63, 3.8) is 0 Å². The van der Waals surface area contributed by atoms with Gasteiger partial charge in [-0.2, -0.15) is 0 Å². The molecule has 0 radical (unpaired) electrons. The molecule has 0 spiro atoms. The van der Waals surface area contributed by atoms with Crippen LogP contribution in [0.2, 0.25) is 0 Å². The lowest BCUT2D eigenvalue weighted by Crippen LogP contribution is -2.38. The standard InChI is InChI=1S/C22H34N4O2.HI/c1-5-23-22(26(4)17-21-11-8-12-25(21)3)24-16-19-9-7-10-20(15-19)18-28-14-13-27-6-2;/h7-12,15H,5-6,13-14,16-18H2,1-4H3,(H,23,24);1H. The molecule has 0 aliphatic heterocycles. The molecule has 2 aromatic rings. The van der Waals surface area contributed by atoms with Gasteiger partial charge in [-0.1, -0.05) is 24.3 Å². The van der Waals surface area contributed by atoms with Crippen molar-refractivity contribution in [1.29, 1.82) is 0 Å². The van der Waals surface area contributed by atoms with E-state index in [1.807, 2.05) is 6.92 Å². The highest BCUT2D eigenvalue weighted by molar-refractivity contribution is 14.0. The van der Waals surface area contributed by atoms with Crippen LogP contribution in [-0.2, 0) is 36.2 Å². The molecular formula is C22H35IN4O2. The number of nitrogens with zero attached hydrogens (tertiary/aromatic N) is 3. The number of rotatable bonds is 11. The molecule has 6 nitrogen and oxygen atoms in total. The Morgan fingerprint density at radius 2 is 1.86 bits per heavy atom. The summed E-state index contributed by atoms with van der Waals surface area (Å²) in [6, 6.07) is 12.6. The van der Waals surface area contributed by atoms with E-state index in [4.69, 9.17) is 14.5 Å². The minimum absolute atomic E-state index is 0. The molecule has 0 bridgehead atoms. The first-order chi connectivity index (χ1) is 13.6. The molecular weight excluding hydrogens is 479 g/mol. The molecule has 0 atom stereocenters. The molecule has 1 heterocycles. The smallest absolute Gasteiger partial charge is 0.194 e. The first-order valence-electron chi connectivity index (χ1n) is 9.97. The maximum atomic E-state index is 5.67. The molecule has 0 unspecified atom stereocenters. The third-order valence-electron chi connectivity index (χ3n) is 4.39. The third-order valence-corrected chi connectivity index (χ3v) is 4.39. The predicted octanol–water partition coefficient (Wildman–Crippen LogP) is 3.79. The van der Waals surface area contributed by atoms with E-state index in [1.54, 1.807) is 0 Å². The average molecular weight is 514 g/mol. The maximum Gasteiger partial charge on any atom is 0.194 e. The van der Waals surface area contributed by atoms with Crippen LogP contribution in [0.25, 0.3) is 0 Å². The highest BCUT2D eigenvalue weighted by Crippen LogP contribution is 2.09. The number of aliphatic imine (C=N–C) groups is 1. The van der Waals surface area contributed by atoms with Crippen molar-refractivity contribution in [1.82, 2.24) is 14.8 Å². The van der Waals surface area contributed by atoms with E-state index in [0.717, 1.165) is 31.2 Å². The second kappa shape index (κ2) is 14.4. The van der Waals surface area contributed by atoms with Gasteiger partial charge in [-0.15, -0.1) is 24.0 Å². The van der Waals surface area contributed by atoms with E-state index in [1.165, 1.54) is 11.3 Å². The summed E-state index contributed by atoms with van der Waals surface area (Å²) >= 11 is 0. The zero-order valence-electron chi connectivity index (χ0n) is 18.1. The fourth-order valence-electron chi connectivity index (χ4n) is 2.88. The average Bonchev–Trinajstić information content (AvgIpc) is 3.09. The monoisotopic (exact) mass is 514 g/mol. The Bertz CT molecular complexity index is 733. The Morgan fingerprint density at radius 1 is 1.10 bits per heavy atom. The lowest BCUT2D eigenvalue weighted by Gasteiger charge is -2.22. The normalized spacial score (nSPS) is 11.2. The Balaban J connectivity index is 0.00000420. The van der Waals surface area contributed by atoms with Crippen LogP contribution in [0.4, 0.5) is 0 Å². The van der Waals surface area contributed by atoms with E-state index in [9.17, 15) is 0 Å². The molecule has 0 saturated heterocycles. The summed E-state index contributed by atoms with van der Waals surface area (Å²) in [6.07, 6.45) is 2.06. The van der Waals surface area contributed by atoms with Crippen LogP contribution >= 0.6 is 24.0 Å². The Kier molecular flexibility index (Phi) is 12.6. The SMILES string of the molecule is CCNC(=NCc1cccc(COCCOCC)c1)N(C)Cc1cccn1C.I. The van der Waals surface area contributed by atoms with Crippen LogP contribution < -0.4 is 5.32 Å². The quantitative estimate of drug-likeness (QED) is 0.215. The van der Waals surface area contributed by atoms with Crippen molar-refractivity contribution in [2.24, 2.45) is 12.0 Å². The summed E-state index contributed by atoms with van der Waals surface area (Å²) in [7, 11) is 4.13. The molecule has 0 aliphatic carbocycles. The molecule has 162 valence electrons. The Hall–Kier alpha value is -1.58. The summed E-state index contributed by atoms with van der Waals surface area (Å²) in [4.78, 5) is 6.97. The van der Waals surface area contributed by atoms with Crippen molar-refractivity contribution < 1.29 is 9.47 Å². The predicted molar refractivity (Wildman–Crippen MR) is 130 cm³/mol. The van der Waals surface area contributed by atoms with Crippen LogP contribution in [0.5, 0.6) is 0 Å². The summed E-state index contributed by atoms with van der Waals surface area (Å²) in [5.41, 5.74) is 3.58.